The van der Waals surface area contributed by atoms with Crippen molar-refractivity contribution in [1.82, 2.24) is 0 Å². The summed E-state index contributed by atoms with van der Waals surface area (Å²) in [5.74, 6) is 0.698. The monoisotopic (exact) mass is 194 g/mol. The van der Waals surface area contributed by atoms with Crippen LogP contribution >= 0.6 is 7.94 Å². The maximum absolute atomic E-state index is 9.70. The van der Waals surface area contributed by atoms with E-state index in [0.29, 0.717) is 19.1 Å². The predicted octanol–water partition coefficient (Wildman–Crippen LogP) is 1.96. The molecule has 1 aliphatic rings. The van der Waals surface area contributed by atoms with Gasteiger partial charge in [-0.1, -0.05) is 0 Å². The Kier molecular flexibility index (Phi) is 3.91. The normalized spacial score (nSPS) is 24.7. The van der Waals surface area contributed by atoms with Crippen LogP contribution in [0.3, 0.4) is 0 Å². The second-order valence-corrected chi connectivity index (χ2v) is 6.20. The van der Waals surface area contributed by atoms with Crippen molar-refractivity contribution < 1.29 is 13.9 Å². The molecule has 0 saturated carbocycles. The Labute approximate surface area is 74.7 Å². The van der Waals surface area contributed by atoms with Gasteiger partial charge in [0.2, 0.25) is 0 Å². The van der Waals surface area contributed by atoms with E-state index in [0.717, 1.165) is 19.0 Å². The first kappa shape index (κ1) is 10.4. The summed E-state index contributed by atoms with van der Waals surface area (Å²) in [5, 5.41) is 0. The Morgan fingerprint density at radius 2 is 1.92 bits per heavy atom. The Hall–Kier alpha value is 0.310. The van der Waals surface area contributed by atoms with Gasteiger partial charge in [-0.05, 0) is 0 Å². The van der Waals surface area contributed by atoms with Crippen LogP contribution < -0.4 is 0 Å². The molecule has 4 heteroatoms. The Balaban J connectivity index is 2.13. The molecule has 1 heterocycles. The van der Waals surface area contributed by atoms with E-state index in [1.165, 1.54) is 0 Å². The van der Waals surface area contributed by atoms with Crippen molar-refractivity contribution >= 4 is 7.94 Å². The molecule has 1 saturated heterocycles. The van der Waals surface area contributed by atoms with Gasteiger partial charge in [0, 0.05) is 0 Å². The van der Waals surface area contributed by atoms with Crippen LogP contribution in [0, 0.1) is 5.92 Å². The molecule has 0 aromatic heterocycles. The minimum absolute atomic E-state index is 0.574. The van der Waals surface area contributed by atoms with E-state index in [9.17, 15) is 4.89 Å². The van der Waals surface area contributed by atoms with E-state index in [2.05, 4.69) is 13.8 Å². The van der Waals surface area contributed by atoms with E-state index in [1.807, 2.05) is 0 Å². The predicted molar refractivity (Wildman–Crippen MR) is 51.4 cm³/mol. The molecule has 0 radical (unpaired) electrons. The number of hydrogen-bond donors (Lipinski definition) is 1. The van der Waals surface area contributed by atoms with Crippen LogP contribution in [0.1, 0.15) is 26.7 Å². The minimum atomic E-state index is -2.65. The van der Waals surface area contributed by atoms with Crippen LogP contribution in [0.5, 0.6) is 0 Å². The van der Waals surface area contributed by atoms with Crippen LogP contribution in [-0.4, -0.2) is 24.3 Å². The zero-order valence-corrected chi connectivity index (χ0v) is 8.88. The quantitative estimate of drug-likeness (QED) is 0.695. The molecule has 0 amide bonds. The average molecular weight is 194 g/mol. The summed E-state index contributed by atoms with van der Waals surface area (Å²) in [7, 11) is -2.65. The summed E-state index contributed by atoms with van der Waals surface area (Å²) in [6, 6.07) is 0. The van der Waals surface area contributed by atoms with E-state index < -0.39 is 7.94 Å². The Bertz CT molecular complexity index is 132. The molecule has 0 aliphatic carbocycles. The summed E-state index contributed by atoms with van der Waals surface area (Å²) in [6.07, 6.45) is 2.88. The van der Waals surface area contributed by atoms with Gasteiger partial charge >= 0.3 is 73.9 Å². The number of hydrogen-bond acceptors (Lipinski definition) is 3. The van der Waals surface area contributed by atoms with E-state index in [1.54, 1.807) is 0 Å². The molecule has 1 fully saturated rings. The first-order valence-electron chi connectivity index (χ1n) is 4.63. The van der Waals surface area contributed by atoms with Gasteiger partial charge in [-0.15, -0.1) is 0 Å². The van der Waals surface area contributed by atoms with Gasteiger partial charge in [-0.3, -0.25) is 0 Å². The van der Waals surface area contributed by atoms with Crippen molar-refractivity contribution in [2.24, 2.45) is 5.92 Å². The number of rotatable bonds is 4. The fourth-order valence-electron chi connectivity index (χ4n) is 1.32. The van der Waals surface area contributed by atoms with Crippen molar-refractivity contribution in [3.05, 3.63) is 0 Å². The molecular formula is C8H19O3P. The van der Waals surface area contributed by atoms with Crippen LogP contribution in [0.25, 0.3) is 0 Å². The third kappa shape index (κ3) is 3.36. The molecule has 74 valence electrons. The summed E-state index contributed by atoms with van der Waals surface area (Å²) in [4.78, 5) is 9.70. The molecule has 12 heavy (non-hydrogen) atoms. The average Bonchev–Trinajstić information content (AvgIpc) is 2.35. The van der Waals surface area contributed by atoms with Crippen LogP contribution in [0.2, 0.25) is 0 Å². The Morgan fingerprint density at radius 1 is 1.33 bits per heavy atom. The zero-order valence-electron chi connectivity index (χ0n) is 7.88. The third-order valence-electron chi connectivity index (χ3n) is 2.01. The van der Waals surface area contributed by atoms with Gasteiger partial charge in [0.15, 0.2) is 0 Å². The molecule has 3 nitrogen and oxygen atoms in total. The maximum atomic E-state index is 9.70. The molecule has 1 N–H and O–H groups in total. The van der Waals surface area contributed by atoms with Gasteiger partial charge in [0.25, 0.3) is 0 Å². The van der Waals surface area contributed by atoms with E-state index >= 15 is 0 Å². The van der Waals surface area contributed by atoms with Gasteiger partial charge in [-0.25, -0.2) is 0 Å². The topological polar surface area (TPSA) is 38.7 Å². The first-order valence-corrected chi connectivity index (χ1v) is 6.60. The van der Waals surface area contributed by atoms with Crippen LogP contribution in [0.4, 0.5) is 0 Å². The molecule has 0 bridgehead atoms. The van der Waals surface area contributed by atoms with Crippen LogP contribution in [-0.2, 0) is 9.05 Å². The fraction of sp³-hybridized carbons (Fsp3) is 1.00. The van der Waals surface area contributed by atoms with E-state index in [-0.39, 0.29) is 0 Å². The van der Waals surface area contributed by atoms with Crippen molar-refractivity contribution in [2.45, 2.75) is 26.7 Å². The van der Waals surface area contributed by atoms with Crippen molar-refractivity contribution in [1.29, 1.82) is 0 Å². The second-order valence-electron chi connectivity index (χ2n) is 3.70. The summed E-state index contributed by atoms with van der Waals surface area (Å²) < 4.78 is 10.4. The first-order chi connectivity index (χ1) is 5.62. The molecule has 0 aromatic rings. The van der Waals surface area contributed by atoms with Gasteiger partial charge in [-0.2, -0.15) is 0 Å². The summed E-state index contributed by atoms with van der Waals surface area (Å²) >= 11 is 0. The van der Waals surface area contributed by atoms with Gasteiger partial charge < -0.3 is 0 Å². The van der Waals surface area contributed by atoms with E-state index in [4.69, 9.17) is 9.05 Å². The van der Waals surface area contributed by atoms with Crippen LogP contribution in [0.15, 0.2) is 0 Å². The standard InChI is InChI=1S/C8H19O3P/c1-8(2)4-3-7-12(9)10-5-6-11-12/h8-9,12H,3-7H2,1-2H3. The third-order valence-corrected chi connectivity index (χ3v) is 4.31. The summed E-state index contributed by atoms with van der Waals surface area (Å²) in [6.45, 7) is 5.51. The molecular weight excluding hydrogens is 175 g/mol. The van der Waals surface area contributed by atoms with Gasteiger partial charge in [0.1, 0.15) is 0 Å². The second kappa shape index (κ2) is 4.52. The Morgan fingerprint density at radius 3 is 2.42 bits per heavy atom. The molecule has 0 unspecified atom stereocenters. The molecule has 1 aliphatic heterocycles. The molecule has 0 atom stereocenters. The zero-order chi connectivity index (χ0) is 9.03. The van der Waals surface area contributed by atoms with Gasteiger partial charge in [0.05, 0.1) is 0 Å². The molecule has 1 rings (SSSR count). The molecule has 0 aromatic carbocycles. The fourth-order valence-corrected chi connectivity index (χ4v) is 3.15. The van der Waals surface area contributed by atoms with Crippen molar-refractivity contribution in [2.75, 3.05) is 19.4 Å². The van der Waals surface area contributed by atoms with Crippen molar-refractivity contribution in [3.63, 3.8) is 0 Å². The summed E-state index contributed by atoms with van der Waals surface area (Å²) in [5.41, 5.74) is 0. The SMILES string of the molecule is CC(C)CCC[PH]1(O)OCCO1. The van der Waals surface area contributed by atoms with Crippen molar-refractivity contribution in [3.8, 4) is 0 Å². The molecule has 0 spiro atoms.